The second-order valence-electron chi connectivity index (χ2n) is 6.76. The summed E-state index contributed by atoms with van der Waals surface area (Å²) in [4.78, 5) is 14.4. The zero-order valence-electron chi connectivity index (χ0n) is 17.1. The summed E-state index contributed by atoms with van der Waals surface area (Å²) >= 11 is 0. The largest absolute Gasteiger partial charge is 0.480 e. The fourth-order valence-electron chi connectivity index (χ4n) is 3.24. The Morgan fingerprint density at radius 3 is 2.62 bits per heavy atom. The zero-order chi connectivity index (χ0) is 22.9. The van der Waals surface area contributed by atoms with Crippen molar-refractivity contribution in [3.05, 3.63) is 53.3 Å². The third-order valence-corrected chi connectivity index (χ3v) is 4.80. The van der Waals surface area contributed by atoms with E-state index in [1.165, 1.54) is 24.1 Å². The lowest BCUT2D eigenvalue weighted by atomic mass is 10.1. The molecule has 12 heteroatoms. The van der Waals surface area contributed by atoms with Crippen LogP contribution in [0, 0.1) is 0 Å². The van der Waals surface area contributed by atoms with Crippen molar-refractivity contribution >= 4 is 5.91 Å². The van der Waals surface area contributed by atoms with Crippen LogP contribution in [0.3, 0.4) is 0 Å². The highest BCUT2D eigenvalue weighted by molar-refractivity contribution is 5.95. The summed E-state index contributed by atoms with van der Waals surface area (Å²) in [5.41, 5.74) is -1.13. The van der Waals surface area contributed by atoms with E-state index >= 15 is 0 Å². The molecular weight excluding hydrogens is 431 g/mol. The Bertz CT molecular complexity index is 1130. The van der Waals surface area contributed by atoms with E-state index in [-0.39, 0.29) is 31.6 Å². The van der Waals surface area contributed by atoms with E-state index in [1.54, 1.807) is 25.1 Å². The van der Waals surface area contributed by atoms with Crippen LogP contribution in [0.5, 0.6) is 17.4 Å². The van der Waals surface area contributed by atoms with Crippen LogP contribution in [-0.4, -0.2) is 51.2 Å². The number of benzene rings is 1. The van der Waals surface area contributed by atoms with E-state index in [0.717, 1.165) is 6.20 Å². The molecule has 0 N–H and O–H groups in total. The topological polar surface area (TPSA) is 91.6 Å². The van der Waals surface area contributed by atoms with Crippen molar-refractivity contribution in [3.63, 3.8) is 0 Å². The summed E-state index contributed by atoms with van der Waals surface area (Å²) in [6, 6.07) is 7.73. The first-order valence-electron chi connectivity index (χ1n) is 9.53. The van der Waals surface area contributed by atoms with Crippen LogP contribution in [0.1, 0.15) is 28.5 Å². The zero-order valence-corrected chi connectivity index (χ0v) is 17.1. The molecule has 3 aromatic rings. The molecule has 0 saturated heterocycles. The Morgan fingerprint density at radius 2 is 1.97 bits per heavy atom. The van der Waals surface area contributed by atoms with Crippen LogP contribution in [-0.2, 0) is 12.7 Å². The highest BCUT2D eigenvalue weighted by Crippen LogP contribution is 2.35. The molecule has 32 heavy (non-hydrogen) atoms. The van der Waals surface area contributed by atoms with Crippen molar-refractivity contribution in [2.24, 2.45) is 0 Å². The Balaban J connectivity index is 1.66. The number of fused-ring (bicyclic) bond motifs is 1. The standard InChI is InChI=1S/C20H18F3N5O4/c1-3-27(10-12-4-5-14-15(8-12)32-11-31-14)19(29)13-9-24-28(18(13)20(21,22)23)16-6-7-17(30-2)26-25-16/h4-9H,3,10-11H2,1-2H3. The lowest BCUT2D eigenvalue weighted by Gasteiger charge is -2.22. The summed E-state index contributed by atoms with van der Waals surface area (Å²) in [7, 11) is 1.36. The van der Waals surface area contributed by atoms with Gasteiger partial charge < -0.3 is 19.1 Å². The molecule has 1 aromatic carbocycles. The number of ether oxygens (including phenoxy) is 3. The maximum atomic E-state index is 13.9. The quantitative estimate of drug-likeness (QED) is 0.571. The Labute approximate surface area is 180 Å². The predicted octanol–water partition coefficient (Wildman–Crippen LogP) is 3.08. The number of amides is 1. The van der Waals surface area contributed by atoms with Gasteiger partial charge in [-0.3, -0.25) is 4.79 Å². The lowest BCUT2D eigenvalue weighted by Crippen LogP contribution is -2.32. The van der Waals surface area contributed by atoms with Gasteiger partial charge in [-0.15, -0.1) is 10.2 Å². The molecule has 0 aliphatic carbocycles. The molecule has 4 rings (SSSR count). The number of halogens is 3. The molecular formula is C20H18F3N5O4. The molecule has 2 aromatic heterocycles. The molecule has 0 unspecified atom stereocenters. The van der Waals surface area contributed by atoms with Gasteiger partial charge >= 0.3 is 6.18 Å². The van der Waals surface area contributed by atoms with E-state index in [2.05, 4.69) is 15.3 Å². The molecule has 1 aliphatic heterocycles. The van der Waals surface area contributed by atoms with E-state index in [1.807, 2.05) is 0 Å². The number of hydrogen-bond acceptors (Lipinski definition) is 7. The van der Waals surface area contributed by atoms with Crippen molar-refractivity contribution < 1.29 is 32.2 Å². The molecule has 9 nitrogen and oxygen atoms in total. The van der Waals surface area contributed by atoms with Crippen LogP contribution >= 0.6 is 0 Å². The third-order valence-electron chi connectivity index (χ3n) is 4.80. The van der Waals surface area contributed by atoms with Crippen molar-refractivity contribution in [1.82, 2.24) is 24.9 Å². The summed E-state index contributed by atoms with van der Waals surface area (Å²) < 4.78 is 57.8. The third kappa shape index (κ3) is 4.03. The van der Waals surface area contributed by atoms with Gasteiger partial charge in [0.1, 0.15) is 0 Å². The fourth-order valence-corrected chi connectivity index (χ4v) is 3.24. The Hall–Kier alpha value is -3.83. The summed E-state index contributed by atoms with van der Waals surface area (Å²) in [5.74, 6) is 0.213. The molecule has 3 heterocycles. The lowest BCUT2D eigenvalue weighted by molar-refractivity contribution is -0.143. The first-order chi connectivity index (χ1) is 15.3. The van der Waals surface area contributed by atoms with E-state index in [9.17, 15) is 18.0 Å². The van der Waals surface area contributed by atoms with Gasteiger partial charge in [0, 0.05) is 19.2 Å². The summed E-state index contributed by atoms with van der Waals surface area (Å²) in [6.45, 7) is 2.03. The number of alkyl halides is 3. The number of rotatable bonds is 6. The fraction of sp³-hybridized carbons (Fsp3) is 0.300. The molecule has 0 fully saturated rings. The summed E-state index contributed by atoms with van der Waals surface area (Å²) in [5, 5.41) is 11.1. The number of carbonyl (C=O) groups excluding carboxylic acids is 1. The van der Waals surface area contributed by atoms with Gasteiger partial charge in [-0.2, -0.15) is 18.3 Å². The Kier molecular flexibility index (Phi) is 5.59. The van der Waals surface area contributed by atoms with E-state index in [4.69, 9.17) is 14.2 Å². The average molecular weight is 449 g/mol. The monoisotopic (exact) mass is 449 g/mol. The molecule has 1 aliphatic rings. The van der Waals surface area contributed by atoms with Crippen LogP contribution in [0.2, 0.25) is 0 Å². The van der Waals surface area contributed by atoms with E-state index < -0.39 is 23.3 Å². The number of carbonyl (C=O) groups is 1. The maximum absolute atomic E-state index is 13.9. The van der Waals surface area contributed by atoms with Crippen molar-refractivity contribution in [1.29, 1.82) is 0 Å². The normalized spacial score (nSPS) is 12.7. The van der Waals surface area contributed by atoms with Crippen molar-refractivity contribution in [2.45, 2.75) is 19.6 Å². The number of hydrogen-bond donors (Lipinski definition) is 0. The van der Waals surface area contributed by atoms with Crippen LogP contribution in [0.4, 0.5) is 13.2 Å². The van der Waals surface area contributed by atoms with Gasteiger partial charge in [-0.25, -0.2) is 4.68 Å². The minimum absolute atomic E-state index is 0.0802. The molecule has 0 atom stereocenters. The second-order valence-corrected chi connectivity index (χ2v) is 6.76. The van der Waals surface area contributed by atoms with Crippen molar-refractivity contribution in [3.8, 4) is 23.2 Å². The molecule has 0 spiro atoms. The van der Waals surface area contributed by atoms with Crippen LogP contribution < -0.4 is 14.2 Å². The van der Waals surface area contributed by atoms with E-state index in [0.29, 0.717) is 21.7 Å². The first-order valence-corrected chi connectivity index (χ1v) is 9.53. The number of nitrogens with zero attached hydrogens (tertiary/aromatic N) is 5. The molecule has 0 bridgehead atoms. The molecule has 0 radical (unpaired) electrons. The minimum atomic E-state index is -4.86. The SMILES string of the molecule is CCN(Cc1ccc2c(c1)OCO2)C(=O)c1cnn(-c2ccc(OC)nn2)c1C(F)(F)F. The summed E-state index contributed by atoms with van der Waals surface area (Å²) in [6.07, 6.45) is -3.97. The van der Waals surface area contributed by atoms with Gasteiger partial charge in [0.25, 0.3) is 5.91 Å². The van der Waals surface area contributed by atoms with Gasteiger partial charge in [-0.1, -0.05) is 6.07 Å². The molecule has 0 saturated carbocycles. The van der Waals surface area contributed by atoms with Gasteiger partial charge in [-0.05, 0) is 30.7 Å². The smallest absolute Gasteiger partial charge is 0.434 e. The van der Waals surface area contributed by atoms with Crippen molar-refractivity contribution in [2.75, 3.05) is 20.4 Å². The minimum Gasteiger partial charge on any atom is -0.480 e. The number of methoxy groups -OCH3 is 1. The second kappa shape index (κ2) is 8.36. The maximum Gasteiger partial charge on any atom is 0.434 e. The highest BCUT2D eigenvalue weighted by Gasteiger charge is 2.41. The van der Waals surface area contributed by atoms with Gasteiger partial charge in [0.15, 0.2) is 23.0 Å². The average Bonchev–Trinajstić information content (AvgIpc) is 3.43. The van der Waals surface area contributed by atoms with Gasteiger partial charge in [0.2, 0.25) is 12.7 Å². The van der Waals surface area contributed by atoms with Gasteiger partial charge in [0.05, 0.1) is 18.9 Å². The highest BCUT2D eigenvalue weighted by atomic mass is 19.4. The molecule has 1 amide bonds. The number of aromatic nitrogens is 4. The van der Waals surface area contributed by atoms with Crippen LogP contribution in [0.25, 0.3) is 5.82 Å². The molecule has 168 valence electrons. The Morgan fingerprint density at radius 1 is 1.19 bits per heavy atom. The van der Waals surface area contributed by atoms with Crippen LogP contribution in [0.15, 0.2) is 36.5 Å². The first kappa shape index (κ1) is 21.4. The predicted molar refractivity (Wildman–Crippen MR) is 104 cm³/mol.